The van der Waals surface area contributed by atoms with Gasteiger partial charge in [0.05, 0.1) is 17.4 Å². The first-order valence-corrected chi connectivity index (χ1v) is 10.5. The lowest BCUT2D eigenvalue weighted by Gasteiger charge is -2.35. The molecule has 0 aliphatic carbocycles. The highest BCUT2D eigenvalue weighted by atomic mass is 32.1. The minimum atomic E-state index is 0.0477. The summed E-state index contributed by atoms with van der Waals surface area (Å²) in [5, 5.41) is 7.01. The molecular formula is C21H24N6S. The number of para-hydroxylation sites is 1. The monoisotopic (exact) mass is 392 g/mol. The van der Waals surface area contributed by atoms with Crippen LogP contribution in [0.15, 0.2) is 42.6 Å². The van der Waals surface area contributed by atoms with Crippen LogP contribution in [0.3, 0.4) is 0 Å². The van der Waals surface area contributed by atoms with E-state index in [1.165, 1.54) is 5.39 Å². The van der Waals surface area contributed by atoms with Gasteiger partial charge in [0.25, 0.3) is 0 Å². The number of fused-ring (bicyclic) bond motifs is 2. The number of rotatable bonds is 2. The minimum absolute atomic E-state index is 0.0477. The second kappa shape index (κ2) is 6.44. The summed E-state index contributed by atoms with van der Waals surface area (Å²) >= 11 is 1.67. The predicted octanol–water partition coefficient (Wildman–Crippen LogP) is 3.96. The summed E-state index contributed by atoms with van der Waals surface area (Å²) in [7, 11) is 0. The Labute approximate surface area is 168 Å². The molecule has 5 rings (SSSR count). The van der Waals surface area contributed by atoms with Gasteiger partial charge in [-0.25, -0.2) is 14.5 Å². The van der Waals surface area contributed by atoms with Crippen LogP contribution in [0, 0.1) is 0 Å². The fraction of sp³-hybridized carbons (Fsp3) is 0.381. The number of hydrogen-bond acceptors (Lipinski definition) is 6. The average molecular weight is 393 g/mol. The molecule has 0 bridgehead atoms. The number of aromatic nitrogens is 4. The van der Waals surface area contributed by atoms with E-state index in [0.717, 1.165) is 53.3 Å². The molecule has 1 aliphatic heterocycles. The van der Waals surface area contributed by atoms with Gasteiger partial charge < -0.3 is 9.80 Å². The second-order valence-corrected chi connectivity index (χ2v) is 9.26. The molecular weight excluding hydrogens is 368 g/mol. The summed E-state index contributed by atoms with van der Waals surface area (Å²) in [5.41, 5.74) is 2.19. The zero-order valence-electron chi connectivity index (χ0n) is 16.5. The van der Waals surface area contributed by atoms with Crippen molar-refractivity contribution >= 4 is 38.2 Å². The van der Waals surface area contributed by atoms with Gasteiger partial charge >= 0.3 is 0 Å². The van der Waals surface area contributed by atoms with Gasteiger partial charge in [0.15, 0.2) is 0 Å². The van der Waals surface area contributed by atoms with E-state index in [1.807, 2.05) is 10.6 Å². The number of pyridine rings is 1. The van der Waals surface area contributed by atoms with Crippen LogP contribution in [-0.2, 0) is 5.41 Å². The number of nitrogens with zero attached hydrogens (tertiary/aromatic N) is 6. The van der Waals surface area contributed by atoms with E-state index >= 15 is 0 Å². The Morgan fingerprint density at radius 3 is 2.39 bits per heavy atom. The summed E-state index contributed by atoms with van der Waals surface area (Å²) in [5.74, 6) is 1.06. The zero-order chi connectivity index (χ0) is 19.3. The van der Waals surface area contributed by atoms with Crippen molar-refractivity contribution in [3.05, 3.63) is 48.3 Å². The van der Waals surface area contributed by atoms with Crippen molar-refractivity contribution < 1.29 is 0 Å². The normalized spacial score (nSPS) is 15.7. The number of anilines is 2. The minimum Gasteiger partial charge on any atom is -0.353 e. The number of imidazole rings is 1. The standard InChI is InChI=1S/C21H24N6S/c1-21(2,3)17-14-27-19(23-17)28-20(24-27)26-12-10-25(11-13-26)18-9-8-15-6-4-5-7-16(15)22-18/h4-9,14H,10-13H2,1-3H3. The van der Waals surface area contributed by atoms with E-state index < -0.39 is 0 Å². The topological polar surface area (TPSA) is 49.6 Å². The van der Waals surface area contributed by atoms with E-state index in [-0.39, 0.29) is 5.41 Å². The molecule has 0 N–H and O–H groups in total. The largest absolute Gasteiger partial charge is 0.353 e. The highest BCUT2D eigenvalue weighted by Crippen LogP contribution is 2.28. The Morgan fingerprint density at radius 2 is 1.64 bits per heavy atom. The molecule has 1 aliphatic rings. The van der Waals surface area contributed by atoms with Gasteiger partial charge in [-0.05, 0) is 18.2 Å². The highest BCUT2D eigenvalue weighted by molar-refractivity contribution is 7.20. The third-order valence-corrected chi connectivity index (χ3v) is 6.24. The molecule has 6 nitrogen and oxygen atoms in total. The molecule has 0 spiro atoms. The maximum atomic E-state index is 4.84. The molecule has 0 unspecified atom stereocenters. The van der Waals surface area contributed by atoms with Crippen LogP contribution in [0.4, 0.5) is 10.9 Å². The molecule has 0 amide bonds. The van der Waals surface area contributed by atoms with Crippen LogP contribution in [0.25, 0.3) is 15.9 Å². The Balaban J connectivity index is 1.31. The Morgan fingerprint density at radius 1 is 0.893 bits per heavy atom. The van der Waals surface area contributed by atoms with Crippen molar-refractivity contribution in [2.75, 3.05) is 36.0 Å². The zero-order valence-corrected chi connectivity index (χ0v) is 17.3. The van der Waals surface area contributed by atoms with Crippen molar-refractivity contribution in [1.82, 2.24) is 19.6 Å². The van der Waals surface area contributed by atoms with Gasteiger partial charge in [-0.1, -0.05) is 50.3 Å². The van der Waals surface area contributed by atoms with Gasteiger partial charge in [0, 0.05) is 37.0 Å². The Hall–Kier alpha value is -2.67. The fourth-order valence-corrected chi connectivity index (χ4v) is 4.47. The molecule has 1 aromatic carbocycles. The molecule has 7 heteroatoms. The molecule has 3 aromatic heterocycles. The maximum Gasteiger partial charge on any atom is 0.214 e. The lowest BCUT2D eigenvalue weighted by atomic mass is 9.93. The average Bonchev–Trinajstić information content (AvgIpc) is 3.27. The quantitative estimate of drug-likeness (QED) is 0.517. The molecule has 28 heavy (non-hydrogen) atoms. The van der Waals surface area contributed by atoms with E-state index in [2.05, 4.69) is 67.1 Å². The van der Waals surface area contributed by atoms with Crippen LogP contribution in [-0.4, -0.2) is 45.8 Å². The highest BCUT2D eigenvalue weighted by Gasteiger charge is 2.23. The van der Waals surface area contributed by atoms with Crippen molar-refractivity contribution in [3.8, 4) is 0 Å². The van der Waals surface area contributed by atoms with Crippen LogP contribution in [0.2, 0.25) is 0 Å². The third kappa shape index (κ3) is 3.09. The molecule has 1 saturated heterocycles. The summed E-state index contributed by atoms with van der Waals surface area (Å²) in [6.07, 6.45) is 2.06. The molecule has 0 radical (unpaired) electrons. The Kier molecular flexibility index (Phi) is 4.01. The summed E-state index contributed by atoms with van der Waals surface area (Å²) in [4.78, 5) is 15.3. The van der Waals surface area contributed by atoms with Gasteiger partial charge in [-0.3, -0.25) is 0 Å². The molecule has 1 fully saturated rings. The molecule has 4 aromatic rings. The molecule has 144 valence electrons. The van der Waals surface area contributed by atoms with E-state index in [4.69, 9.17) is 15.1 Å². The van der Waals surface area contributed by atoms with Crippen LogP contribution in [0.1, 0.15) is 26.5 Å². The van der Waals surface area contributed by atoms with Gasteiger partial charge in [-0.15, -0.1) is 5.10 Å². The maximum absolute atomic E-state index is 4.84. The van der Waals surface area contributed by atoms with Crippen molar-refractivity contribution in [1.29, 1.82) is 0 Å². The SMILES string of the molecule is CC(C)(C)c1cn2nc(N3CCN(c4ccc5ccccc5n4)CC3)sc2n1. The lowest BCUT2D eigenvalue weighted by molar-refractivity contribution is 0.572. The first-order valence-electron chi connectivity index (χ1n) is 9.70. The van der Waals surface area contributed by atoms with E-state index in [0.29, 0.717) is 0 Å². The molecule has 4 heterocycles. The second-order valence-electron chi connectivity index (χ2n) is 8.32. The number of hydrogen-bond donors (Lipinski definition) is 0. The predicted molar refractivity (Wildman–Crippen MR) is 116 cm³/mol. The van der Waals surface area contributed by atoms with Gasteiger partial charge in [0.2, 0.25) is 10.1 Å². The van der Waals surface area contributed by atoms with E-state index in [1.54, 1.807) is 11.3 Å². The van der Waals surface area contributed by atoms with Crippen molar-refractivity contribution in [2.24, 2.45) is 0 Å². The first-order chi connectivity index (χ1) is 13.5. The first kappa shape index (κ1) is 17.4. The lowest BCUT2D eigenvalue weighted by Crippen LogP contribution is -2.46. The smallest absolute Gasteiger partial charge is 0.214 e. The van der Waals surface area contributed by atoms with Crippen LogP contribution >= 0.6 is 11.3 Å². The van der Waals surface area contributed by atoms with Crippen molar-refractivity contribution in [2.45, 2.75) is 26.2 Å². The number of benzene rings is 1. The van der Waals surface area contributed by atoms with Gasteiger partial charge in [-0.2, -0.15) is 0 Å². The molecule has 0 atom stereocenters. The van der Waals surface area contributed by atoms with Crippen LogP contribution in [0.5, 0.6) is 0 Å². The molecule has 0 saturated carbocycles. The van der Waals surface area contributed by atoms with Crippen molar-refractivity contribution in [3.63, 3.8) is 0 Å². The summed E-state index contributed by atoms with van der Waals surface area (Å²) < 4.78 is 1.93. The van der Waals surface area contributed by atoms with E-state index in [9.17, 15) is 0 Å². The summed E-state index contributed by atoms with van der Waals surface area (Å²) in [6, 6.07) is 12.6. The third-order valence-electron chi connectivity index (χ3n) is 5.26. The fourth-order valence-electron chi connectivity index (χ4n) is 3.54. The Bertz CT molecular complexity index is 1100. The van der Waals surface area contributed by atoms with Gasteiger partial charge in [0.1, 0.15) is 5.82 Å². The van der Waals surface area contributed by atoms with Crippen LogP contribution < -0.4 is 9.80 Å². The number of piperazine rings is 1. The summed E-state index contributed by atoms with van der Waals surface area (Å²) in [6.45, 7) is 10.3.